The summed E-state index contributed by atoms with van der Waals surface area (Å²) in [6.07, 6.45) is 0.546. The number of hydrogen-bond acceptors (Lipinski definition) is 4. The van der Waals surface area contributed by atoms with E-state index in [9.17, 15) is 17.6 Å². The molecule has 3 rings (SSSR count). The minimum atomic E-state index is -3.93. The zero-order valence-electron chi connectivity index (χ0n) is 17.4. The van der Waals surface area contributed by atoms with Crippen LogP contribution in [0.2, 0.25) is 0 Å². The molecular weight excluding hydrogens is 417 g/mol. The van der Waals surface area contributed by atoms with Crippen LogP contribution in [-0.2, 0) is 21.3 Å². The Balaban J connectivity index is 2.03. The van der Waals surface area contributed by atoms with Crippen LogP contribution in [0.15, 0.2) is 83.8 Å². The highest BCUT2D eigenvalue weighted by atomic mass is 32.2. The first kappa shape index (κ1) is 22.7. The highest BCUT2D eigenvalue weighted by Gasteiger charge is 2.31. The molecule has 3 aromatic carbocycles. The van der Waals surface area contributed by atoms with Gasteiger partial charge in [0.2, 0.25) is 10.0 Å². The maximum Gasteiger partial charge on any atom is 0.337 e. The first-order valence-electron chi connectivity index (χ1n) is 9.86. The normalized spacial score (nSPS) is 12.5. The summed E-state index contributed by atoms with van der Waals surface area (Å²) >= 11 is 0. The van der Waals surface area contributed by atoms with Crippen molar-refractivity contribution >= 4 is 16.0 Å². The Morgan fingerprint density at radius 1 is 0.968 bits per heavy atom. The standard InChI is InChI=1S/C24H24FNO4S/c1-3-23(19-7-5-4-6-8-19)26(31(28,29)22-15-13-21(25)14-16-22)17-18-9-11-20(12-10-18)24(27)30-2/h4-16,23H,3,17H2,1-2H3/t23-/m0/s1. The van der Waals surface area contributed by atoms with Crippen molar-refractivity contribution in [2.24, 2.45) is 0 Å². The van der Waals surface area contributed by atoms with Crippen LogP contribution in [0.25, 0.3) is 0 Å². The molecule has 0 saturated heterocycles. The Kier molecular flexibility index (Phi) is 7.20. The van der Waals surface area contributed by atoms with Crippen molar-refractivity contribution < 1.29 is 22.3 Å². The van der Waals surface area contributed by atoms with Gasteiger partial charge in [-0.3, -0.25) is 0 Å². The van der Waals surface area contributed by atoms with Gasteiger partial charge in [-0.2, -0.15) is 4.31 Å². The van der Waals surface area contributed by atoms with Gasteiger partial charge in [0, 0.05) is 6.54 Å². The van der Waals surface area contributed by atoms with E-state index in [-0.39, 0.29) is 11.4 Å². The zero-order valence-corrected chi connectivity index (χ0v) is 18.2. The van der Waals surface area contributed by atoms with E-state index in [1.54, 1.807) is 24.3 Å². The summed E-state index contributed by atoms with van der Waals surface area (Å²) in [5.41, 5.74) is 1.96. The zero-order chi connectivity index (χ0) is 22.4. The van der Waals surface area contributed by atoms with E-state index in [0.29, 0.717) is 17.5 Å². The van der Waals surface area contributed by atoms with Crippen LogP contribution in [0.4, 0.5) is 4.39 Å². The highest BCUT2D eigenvalue weighted by molar-refractivity contribution is 7.89. The van der Waals surface area contributed by atoms with E-state index >= 15 is 0 Å². The fraction of sp³-hybridized carbons (Fsp3) is 0.208. The lowest BCUT2D eigenvalue weighted by molar-refractivity contribution is 0.0600. The van der Waals surface area contributed by atoms with Gasteiger partial charge in [0.05, 0.1) is 23.6 Å². The van der Waals surface area contributed by atoms with Crippen LogP contribution >= 0.6 is 0 Å². The third-order valence-corrected chi connectivity index (χ3v) is 6.92. The van der Waals surface area contributed by atoms with Crippen molar-refractivity contribution in [1.82, 2.24) is 4.31 Å². The quantitative estimate of drug-likeness (QED) is 0.464. The Labute approximate surface area is 182 Å². The number of nitrogens with zero attached hydrogens (tertiary/aromatic N) is 1. The lowest BCUT2D eigenvalue weighted by atomic mass is 10.0. The second-order valence-electron chi connectivity index (χ2n) is 7.03. The molecule has 7 heteroatoms. The number of carbonyl (C=O) groups excluding carboxylic acids is 1. The van der Waals surface area contributed by atoms with Crippen molar-refractivity contribution in [2.75, 3.05) is 7.11 Å². The van der Waals surface area contributed by atoms with Crippen molar-refractivity contribution in [3.8, 4) is 0 Å². The second kappa shape index (κ2) is 9.85. The molecule has 0 radical (unpaired) electrons. The van der Waals surface area contributed by atoms with Crippen molar-refractivity contribution in [1.29, 1.82) is 0 Å². The van der Waals surface area contributed by atoms with Crippen LogP contribution < -0.4 is 0 Å². The summed E-state index contributed by atoms with van der Waals surface area (Å²) < 4.78 is 46.7. The number of sulfonamides is 1. The Morgan fingerprint density at radius 3 is 2.13 bits per heavy atom. The summed E-state index contributed by atoms with van der Waals surface area (Å²) in [5, 5.41) is 0. The second-order valence-corrected chi connectivity index (χ2v) is 8.92. The summed E-state index contributed by atoms with van der Waals surface area (Å²) in [6, 6.07) is 20.4. The molecule has 0 aliphatic rings. The average Bonchev–Trinajstić information content (AvgIpc) is 2.80. The van der Waals surface area contributed by atoms with E-state index in [1.165, 1.54) is 23.5 Å². The summed E-state index contributed by atoms with van der Waals surface area (Å²) in [7, 11) is -2.63. The fourth-order valence-corrected chi connectivity index (χ4v) is 5.11. The van der Waals surface area contributed by atoms with Gasteiger partial charge in [-0.15, -0.1) is 0 Å². The molecule has 0 bridgehead atoms. The number of halogens is 1. The molecule has 162 valence electrons. The third kappa shape index (κ3) is 5.18. The Hall–Kier alpha value is -3.03. The van der Waals surface area contributed by atoms with Gasteiger partial charge >= 0.3 is 5.97 Å². The van der Waals surface area contributed by atoms with E-state index in [0.717, 1.165) is 17.7 Å². The SMILES string of the molecule is CC[C@@H](c1ccccc1)N(Cc1ccc(C(=O)OC)cc1)S(=O)(=O)c1ccc(F)cc1. The molecule has 0 spiro atoms. The first-order valence-corrected chi connectivity index (χ1v) is 11.3. The molecule has 0 amide bonds. The van der Waals surface area contributed by atoms with E-state index in [4.69, 9.17) is 4.74 Å². The molecule has 5 nitrogen and oxygen atoms in total. The molecule has 0 saturated carbocycles. The Morgan fingerprint density at radius 2 is 1.58 bits per heavy atom. The van der Waals surface area contributed by atoms with Gasteiger partial charge in [-0.25, -0.2) is 17.6 Å². The first-order chi connectivity index (χ1) is 14.9. The van der Waals surface area contributed by atoms with Gasteiger partial charge in [-0.05, 0) is 53.9 Å². The summed E-state index contributed by atoms with van der Waals surface area (Å²) in [5.74, 6) is -0.961. The predicted octanol–water partition coefficient (Wildman–Crippen LogP) is 4.95. The van der Waals surface area contributed by atoms with Crippen LogP contribution in [0.3, 0.4) is 0 Å². The number of esters is 1. The van der Waals surface area contributed by atoms with Crippen molar-refractivity contribution in [2.45, 2.75) is 30.8 Å². The fourth-order valence-electron chi connectivity index (χ4n) is 3.43. The minimum Gasteiger partial charge on any atom is -0.465 e. The smallest absolute Gasteiger partial charge is 0.337 e. The minimum absolute atomic E-state index is 0.0227. The highest BCUT2D eigenvalue weighted by Crippen LogP contribution is 2.32. The monoisotopic (exact) mass is 441 g/mol. The van der Waals surface area contributed by atoms with Gasteiger partial charge in [0.25, 0.3) is 0 Å². The van der Waals surface area contributed by atoms with E-state index in [2.05, 4.69) is 0 Å². The molecule has 0 unspecified atom stereocenters. The van der Waals surface area contributed by atoms with Gasteiger partial charge in [0.15, 0.2) is 0 Å². The molecule has 1 atom stereocenters. The van der Waals surface area contributed by atoms with Gasteiger partial charge < -0.3 is 4.74 Å². The van der Waals surface area contributed by atoms with Crippen LogP contribution in [-0.4, -0.2) is 25.8 Å². The van der Waals surface area contributed by atoms with Crippen molar-refractivity contribution in [3.05, 3.63) is 101 Å². The lowest BCUT2D eigenvalue weighted by Gasteiger charge is -2.31. The maximum atomic E-state index is 13.6. The number of benzene rings is 3. The molecule has 0 heterocycles. The number of methoxy groups -OCH3 is 1. The molecule has 31 heavy (non-hydrogen) atoms. The Bertz CT molecular complexity index is 1110. The number of ether oxygens (including phenoxy) is 1. The van der Waals surface area contributed by atoms with Crippen LogP contribution in [0, 0.1) is 5.82 Å². The molecule has 0 fully saturated rings. The number of hydrogen-bond donors (Lipinski definition) is 0. The van der Waals surface area contributed by atoms with Gasteiger partial charge in [0.1, 0.15) is 5.82 Å². The third-order valence-electron chi connectivity index (χ3n) is 5.05. The maximum absolute atomic E-state index is 13.6. The van der Waals surface area contributed by atoms with Gasteiger partial charge in [-0.1, -0.05) is 49.4 Å². The molecule has 3 aromatic rings. The van der Waals surface area contributed by atoms with E-state index < -0.39 is 27.9 Å². The van der Waals surface area contributed by atoms with Crippen molar-refractivity contribution in [3.63, 3.8) is 0 Å². The molecule has 0 aliphatic heterocycles. The molecular formula is C24H24FNO4S. The summed E-state index contributed by atoms with van der Waals surface area (Å²) in [4.78, 5) is 11.7. The largest absolute Gasteiger partial charge is 0.465 e. The van der Waals surface area contributed by atoms with Crippen LogP contribution in [0.1, 0.15) is 40.9 Å². The number of carbonyl (C=O) groups is 1. The topological polar surface area (TPSA) is 63.7 Å². The molecule has 0 N–H and O–H groups in total. The average molecular weight is 442 g/mol. The van der Waals surface area contributed by atoms with E-state index in [1.807, 2.05) is 37.3 Å². The summed E-state index contributed by atoms with van der Waals surface area (Å²) in [6.45, 7) is 2.01. The predicted molar refractivity (Wildman–Crippen MR) is 116 cm³/mol. The molecule has 0 aliphatic carbocycles. The van der Waals surface area contributed by atoms with Crippen LogP contribution in [0.5, 0.6) is 0 Å². The lowest BCUT2D eigenvalue weighted by Crippen LogP contribution is -2.34. The molecule has 0 aromatic heterocycles. The number of rotatable bonds is 8.